The van der Waals surface area contributed by atoms with Crippen molar-refractivity contribution in [2.75, 3.05) is 0 Å². The summed E-state index contributed by atoms with van der Waals surface area (Å²) in [6.45, 7) is -0.169. The van der Waals surface area contributed by atoms with E-state index >= 15 is 0 Å². The first-order valence-corrected chi connectivity index (χ1v) is 6.21. The zero-order valence-electron chi connectivity index (χ0n) is 9.75. The van der Waals surface area contributed by atoms with Crippen LogP contribution < -0.4 is 4.74 Å². The van der Waals surface area contributed by atoms with Crippen molar-refractivity contribution in [2.45, 2.75) is 6.61 Å². The summed E-state index contributed by atoms with van der Waals surface area (Å²) in [5.41, 5.74) is 0.563. The van der Waals surface area contributed by atoms with Crippen molar-refractivity contribution in [2.24, 2.45) is 0 Å². The average Bonchev–Trinajstić information content (AvgIpc) is 2.39. The number of hydrogen-bond acceptors (Lipinski definition) is 4. The van der Waals surface area contributed by atoms with E-state index in [2.05, 4.69) is 15.9 Å². The highest BCUT2D eigenvalue weighted by atomic mass is 79.9. The Morgan fingerprint density at radius 1 is 1.26 bits per heavy atom. The van der Waals surface area contributed by atoms with Gasteiger partial charge in [0.2, 0.25) is 0 Å². The lowest BCUT2D eigenvalue weighted by molar-refractivity contribution is -0.384. The summed E-state index contributed by atoms with van der Waals surface area (Å²) >= 11 is 3.31. The van der Waals surface area contributed by atoms with Crippen LogP contribution in [0, 0.1) is 10.1 Å². The molecule has 2 aromatic rings. The molecule has 0 fully saturated rings. The fraction of sp³-hybridized carbons (Fsp3) is 0.0769. The Hall–Kier alpha value is -1.92. The molecule has 0 unspecified atom stereocenters. The van der Waals surface area contributed by atoms with Crippen LogP contribution in [0.3, 0.4) is 0 Å². The molecule has 1 N–H and O–H groups in total. The minimum Gasteiger partial charge on any atom is -0.457 e. The molecule has 0 aliphatic rings. The van der Waals surface area contributed by atoms with Gasteiger partial charge in [-0.2, -0.15) is 0 Å². The van der Waals surface area contributed by atoms with Crippen LogP contribution in [-0.4, -0.2) is 10.0 Å². The summed E-state index contributed by atoms with van der Waals surface area (Å²) in [5.74, 6) is 0.805. The Balaban J connectivity index is 2.33. The fourth-order valence-corrected chi connectivity index (χ4v) is 1.88. The molecule has 6 heteroatoms. The van der Waals surface area contributed by atoms with Crippen molar-refractivity contribution in [3.63, 3.8) is 0 Å². The minimum atomic E-state index is -0.485. The van der Waals surface area contributed by atoms with Gasteiger partial charge in [0.25, 0.3) is 5.69 Å². The Labute approximate surface area is 117 Å². The minimum absolute atomic E-state index is 0.0435. The lowest BCUT2D eigenvalue weighted by atomic mass is 10.2. The highest BCUT2D eigenvalue weighted by molar-refractivity contribution is 9.10. The lowest BCUT2D eigenvalue weighted by Crippen LogP contribution is -1.93. The molecule has 0 aliphatic carbocycles. The van der Waals surface area contributed by atoms with Gasteiger partial charge >= 0.3 is 0 Å². The van der Waals surface area contributed by atoms with Gasteiger partial charge in [0.15, 0.2) is 0 Å². The predicted octanol–water partition coefficient (Wildman–Crippen LogP) is 3.64. The quantitative estimate of drug-likeness (QED) is 0.688. The standard InChI is InChI=1S/C13H10BrNO4/c14-10-5-4-9(8-16)13(6-10)19-12-3-1-2-11(7-12)15(17)18/h1-7,16H,8H2. The Kier molecular flexibility index (Phi) is 4.13. The number of ether oxygens (including phenoxy) is 1. The molecule has 0 aliphatic heterocycles. The second-order valence-corrected chi connectivity index (χ2v) is 4.68. The van der Waals surface area contributed by atoms with Crippen molar-refractivity contribution in [3.05, 3.63) is 62.6 Å². The Morgan fingerprint density at radius 3 is 2.74 bits per heavy atom. The second-order valence-electron chi connectivity index (χ2n) is 3.77. The van der Waals surface area contributed by atoms with Gasteiger partial charge in [-0.05, 0) is 18.2 Å². The largest absolute Gasteiger partial charge is 0.457 e. The smallest absolute Gasteiger partial charge is 0.273 e. The maximum Gasteiger partial charge on any atom is 0.273 e. The van der Waals surface area contributed by atoms with Crippen molar-refractivity contribution in [3.8, 4) is 11.5 Å². The monoisotopic (exact) mass is 323 g/mol. The van der Waals surface area contributed by atoms with Gasteiger partial charge in [-0.3, -0.25) is 10.1 Å². The van der Waals surface area contributed by atoms with Crippen molar-refractivity contribution in [1.29, 1.82) is 0 Å². The van der Waals surface area contributed by atoms with E-state index in [9.17, 15) is 15.2 Å². The van der Waals surface area contributed by atoms with E-state index in [0.717, 1.165) is 4.47 Å². The van der Waals surface area contributed by atoms with Gasteiger partial charge in [-0.15, -0.1) is 0 Å². The summed E-state index contributed by atoms with van der Waals surface area (Å²) in [6, 6.07) is 11.1. The van der Waals surface area contributed by atoms with Crippen LogP contribution >= 0.6 is 15.9 Å². The van der Waals surface area contributed by atoms with Crippen LogP contribution in [0.15, 0.2) is 46.9 Å². The molecule has 2 aromatic carbocycles. The first kappa shape index (κ1) is 13.5. The number of non-ortho nitro benzene ring substituents is 1. The van der Waals surface area contributed by atoms with Crippen LogP contribution in [0.5, 0.6) is 11.5 Å². The van der Waals surface area contributed by atoms with Crippen LogP contribution in [0.2, 0.25) is 0 Å². The van der Waals surface area contributed by atoms with Crippen LogP contribution in [0.25, 0.3) is 0 Å². The molecule has 0 aromatic heterocycles. The summed E-state index contributed by atoms with van der Waals surface area (Å²) in [4.78, 5) is 10.2. The van der Waals surface area contributed by atoms with Crippen LogP contribution in [0.4, 0.5) is 5.69 Å². The van der Waals surface area contributed by atoms with Crippen molar-refractivity contribution >= 4 is 21.6 Å². The Morgan fingerprint density at radius 2 is 2.05 bits per heavy atom. The van der Waals surface area contributed by atoms with E-state index in [-0.39, 0.29) is 12.3 Å². The number of rotatable bonds is 4. The molecule has 0 heterocycles. The predicted molar refractivity (Wildman–Crippen MR) is 73.2 cm³/mol. The topological polar surface area (TPSA) is 72.6 Å². The maximum absolute atomic E-state index is 10.7. The fourth-order valence-electron chi connectivity index (χ4n) is 1.54. The van der Waals surface area contributed by atoms with Crippen molar-refractivity contribution < 1.29 is 14.8 Å². The van der Waals surface area contributed by atoms with E-state index in [4.69, 9.17) is 4.74 Å². The normalized spacial score (nSPS) is 10.2. The SMILES string of the molecule is O=[N+]([O-])c1cccc(Oc2cc(Br)ccc2CO)c1. The molecule has 0 saturated carbocycles. The van der Waals surface area contributed by atoms with Crippen LogP contribution in [0.1, 0.15) is 5.56 Å². The van der Waals surface area contributed by atoms with E-state index in [1.807, 2.05) is 0 Å². The van der Waals surface area contributed by atoms with Gasteiger partial charge in [-0.1, -0.05) is 28.1 Å². The number of halogens is 1. The molecule has 5 nitrogen and oxygen atoms in total. The molecule has 0 atom stereocenters. The summed E-state index contributed by atoms with van der Waals surface area (Å²) in [5, 5.41) is 19.9. The van der Waals surface area contributed by atoms with E-state index in [0.29, 0.717) is 17.1 Å². The van der Waals surface area contributed by atoms with E-state index in [1.165, 1.54) is 12.1 Å². The molecule has 0 radical (unpaired) electrons. The Bertz CT molecular complexity index is 615. The summed E-state index contributed by atoms with van der Waals surface area (Å²) in [7, 11) is 0. The van der Waals surface area contributed by atoms with Crippen LogP contribution in [-0.2, 0) is 6.61 Å². The molecule has 98 valence electrons. The van der Waals surface area contributed by atoms with Gasteiger partial charge in [0, 0.05) is 16.1 Å². The molecule has 0 saturated heterocycles. The van der Waals surface area contributed by atoms with Gasteiger partial charge in [0.1, 0.15) is 11.5 Å². The lowest BCUT2D eigenvalue weighted by Gasteiger charge is -2.10. The zero-order valence-corrected chi connectivity index (χ0v) is 11.3. The number of benzene rings is 2. The first-order chi connectivity index (χ1) is 9.10. The summed E-state index contributed by atoms with van der Waals surface area (Å²) < 4.78 is 6.37. The molecule has 2 rings (SSSR count). The molecule has 19 heavy (non-hydrogen) atoms. The average molecular weight is 324 g/mol. The van der Waals surface area contributed by atoms with Crippen molar-refractivity contribution in [1.82, 2.24) is 0 Å². The molecule has 0 bridgehead atoms. The number of nitro benzene ring substituents is 1. The van der Waals surface area contributed by atoms with E-state index in [1.54, 1.807) is 30.3 Å². The third-order valence-electron chi connectivity index (χ3n) is 2.46. The molecule has 0 amide bonds. The molecular formula is C13H10BrNO4. The van der Waals surface area contributed by atoms with E-state index < -0.39 is 4.92 Å². The number of nitro groups is 1. The highest BCUT2D eigenvalue weighted by Gasteiger charge is 2.09. The molecular weight excluding hydrogens is 314 g/mol. The maximum atomic E-state index is 10.7. The van der Waals surface area contributed by atoms with Gasteiger partial charge in [-0.25, -0.2) is 0 Å². The van der Waals surface area contributed by atoms with Gasteiger partial charge < -0.3 is 9.84 Å². The first-order valence-electron chi connectivity index (χ1n) is 5.42. The molecule has 0 spiro atoms. The number of aliphatic hydroxyl groups is 1. The third kappa shape index (κ3) is 3.30. The van der Waals surface area contributed by atoms with Gasteiger partial charge in [0.05, 0.1) is 17.6 Å². The number of aliphatic hydroxyl groups excluding tert-OH is 1. The third-order valence-corrected chi connectivity index (χ3v) is 2.95. The summed E-state index contributed by atoms with van der Waals surface area (Å²) in [6.07, 6.45) is 0. The zero-order chi connectivity index (χ0) is 13.8. The number of nitrogens with zero attached hydrogens (tertiary/aromatic N) is 1. The number of hydrogen-bond donors (Lipinski definition) is 1. The second kappa shape index (κ2) is 5.81. The highest BCUT2D eigenvalue weighted by Crippen LogP contribution is 2.30.